The molecule has 0 bridgehead atoms. The van der Waals surface area contributed by atoms with Crippen LogP contribution in [-0.2, 0) is 6.42 Å². The first-order valence-electron chi connectivity index (χ1n) is 13.2. The van der Waals surface area contributed by atoms with Crippen molar-refractivity contribution in [2.24, 2.45) is 0 Å². The summed E-state index contributed by atoms with van der Waals surface area (Å²) in [5.41, 5.74) is 2.07. The van der Waals surface area contributed by atoms with E-state index in [1.807, 2.05) is 18.2 Å². The monoisotopic (exact) mass is 563 g/mol. The fraction of sp³-hybridized carbons (Fsp3) is 0.125. The zero-order chi connectivity index (χ0) is 29.3. The number of anilines is 2. The van der Waals surface area contributed by atoms with E-state index in [0.29, 0.717) is 47.2 Å². The Balaban J connectivity index is 1.43. The highest BCUT2D eigenvalue weighted by atomic mass is 16.5. The number of rotatable bonds is 11. The van der Waals surface area contributed by atoms with E-state index >= 15 is 0 Å². The fourth-order valence-electron chi connectivity index (χ4n) is 4.16. The second kappa shape index (κ2) is 13.1. The van der Waals surface area contributed by atoms with Crippen molar-refractivity contribution >= 4 is 17.3 Å². The van der Waals surface area contributed by atoms with Gasteiger partial charge < -0.3 is 24.8 Å². The summed E-state index contributed by atoms with van der Waals surface area (Å²) in [4.78, 5) is 30.9. The zero-order valence-electron chi connectivity index (χ0n) is 23.1. The molecule has 10 nitrogen and oxygen atoms in total. The van der Waals surface area contributed by atoms with Crippen LogP contribution in [0.3, 0.4) is 0 Å². The van der Waals surface area contributed by atoms with Gasteiger partial charge in [0.05, 0.1) is 26.1 Å². The van der Waals surface area contributed by atoms with Crippen LogP contribution in [0, 0.1) is 0 Å². The first-order chi connectivity index (χ1) is 20.5. The van der Waals surface area contributed by atoms with E-state index in [4.69, 9.17) is 14.2 Å². The van der Waals surface area contributed by atoms with Crippen LogP contribution in [0.2, 0.25) is 0 Å². The van der Waals surface area contributed by atoms with Gasteiger partial charge in [-0.1, -0.05) is 18.2 Å². The molecule has 2 heterocycles. The van der Waals surface area contributed by atoms with Crippen LogP contribution >= 0.6 is 0 Å². The SMILES string of the molecule is COc1ccc(-n2ncc(Oc3cccc(OC)c3)c(Nc3cccc(C(=O)NCCc4ccccn4)c3)c2=O)cc1. The van der Waals surface area contributed by atoms with Gasteiger partial charge in [0.2, 0.25) is 0 Å². The van der Waals surface area contributed by atoms with Crippen LogP contribution in [0.15, 0.2) is 108 Å². The average Bonchev–Trinajstić information content (AvgIpc) is 3.03. The quantitative estimate of drug-likeness (QED) is 0.227. The number of amides is 1. The highest BCUT2D eigenvalue weighted by Gasteiger charge is 2.17. The van der Waals surface area contributed by atoms with Crippen molar-refractivity contribution in [3.63, 3.8) is 0 Å². The number of methoxy groups -OCH3 is 2. The number of hydrogen-bond acceptors (Lipinski definition) is 8. The van der Waals surface area contributed by atoms with E-state index in [1.54, 1.807) is 93.2 Å². The van der Waals surface area contributed by atoms with Crippen molar-refractivity contribution < 1.29 is 19.0 Å². The molecule has 0 aliphatic heterocycles. The first-order valence-corrected chi connectivity index (χ1v) is 13.2. The summed E-state index contributed by atoms with van der Waals surface area (Å²) in [6.45, 7) is 0.433. The molecule has 5 aromatic rings. The summed E-state index contributed by atoms with van der Waals surface area (Å²) in [7, 11) is 3.13. The number of aromatic nitrogens is 3. The number of nitrogens with zero attached hydrogens (tertiary/aromatic N) is 3. The van der Waals surface area contributed by atoms with Gasteiger partial charge >= 0.3 is 0 Å². The molecule has 42 heavy (non-hydrogen) atoms. The Morgan fingerprint density at radius 2 is 1.64 bits per heavy atom. The second-order valence-corrected chi connectivity index (χ2v) is 9.11. The predicted molar refractivity (Wildman–Crippen MR) is 159 cm³/mol. The van der Waals surface area contributed by atoms with Crippen LogP contribution in [0.25, 0.3) is 5.69 Å². The van der Waals surface area contributed by atoms with E-state index in [9.17, 15) is 9.59 Å². The maximum atomic E-state index is 13.8. The highest BCUT2D eigenvalue weighted by molar-refractivity contribution is 5.95. The molecule has 0 unspecified atom stereocenters. The molecule has 0 radical (unpaired) electrons. The van der Waals surface area contributed by atoms with Crippen LogP contribution in [0.5, 0.6) is 23.0 Å². The number of nitrogens with one attached hydrogen (secondary N) is 2. The number of carbonyl (C=O) groups excluding carboxylic acids is 1. The molecule has 0 saturated carbocycles. The van der Waals surface area contributed by atoms with Crippen LogP contribution in [-0.4, -0.2) is 41.4 Å². The maximum absolute atomic E-state index is 13.8. The molecule has 212 valence electrons. The summed E-state index contributed by atoms with van der Waals surface area (Å²) >= 11 is 0. The van der Waals surface area contributed by atoms with Crippen LogP contribution in [0.4, 0.5) is 11.4 Å². The maximum Gasteiger partial charge on any atom is 0.299 e. The zero-order valence-corrected chi connectivity index (χ0v) is 23.1. The lowest BCUT2D eigenvalue weighted by molar-refractivity contribution is 0.0954. The topological polar surface area (TPSA) is 117 Å². The van der Waals surface area contributed by atoms with Gasteiger partial charge in [-0.05, 0) is 66.7 Å². The molecule has 0 saturated heterocycles. The number of benzene rings is 3. The van der Waals surface area contributed by atoms with Gasteiger partial charge in [-0.3, -0.25) is 14.6 Å². The normalized spacial score (nSPS) is 10.5. The standard InChI is InChI=1S/C32H29N5O5/c1-40-26-14-12-25(13-15-26)37-32(39)30(29(21-35-37)42-28-11-6-10-27(20-28)41-2)36-24-9-5-7-22(19-24)31(38)34-18-16-23-8-3-4-17-33-23/h3-15,17,19-21,36H,16,18H2,1-2H3,(H,34,38). The van der Waals surface area contributed by atoms with Gasteiger partial charge in [-0.2, -0.15) is 9.78 Å². The summed E-state index contributed by atoms with van der Waals surface area (Å²) in [6.07, 6.45) is 3.79. The molecule has 10 heteroatoms. The summed E-state index contributed by atoms with van der Waals surface area (Å²) in [6, 6.07) is 26.5. The number of carbonyl (C=O) groups is 1. The lowest BCUT2D eigenvalue weighted by atomic mass is 10.1. The predicted octanol–water partition coefficient (Wildman–Crippen LogP) is 5.15. The third-order valence-corrected chi connectivity index (χ3v) is 6.32. The Labute approximate surface area is 242 Å². The molecule has 1 amide bonds. The third-order valence-electron chi connectivity index (χ3n) is 6.32. The molecule has 0 atom stereocenters. The van der Waals surface area contributed by atoms with Crippen molar-refractivity contribution in [3.05, 3.63) is 125 Å². The van der Waals surface area contributed by atoms with Gasteiger partial charge in [-0.15, -0.1) is 0 Å². The molecule has 2 aromatic heterocycles. The lowest BCUT2D eigenvalue weighted by Crippen LogP contribution is -2.26. The molecule has 3 aromatic carbocycles. The minimum Gasteiger partial charge on any atom is -0.497 e. The molecule has 0 aliphatic rings. The Bertz CT molecular complexity index is 1720. The number of pyridine rings is 1. The fourth-order valence-corrected chi connectivity index (χ4v) is 4.16. The van der Waals surface area contributed by atoms with Gasteiger partial charge in [0.15, 0.2) is 11.4 Å². The van der Waals surface area contributed by atoms with E-state index in [0.717, 1.165) is 5.69 Å². The van der Waals surface area contributed by atoms with Gasteiger partial charge in [0.1, 0.15) is 17.2 Å². The van der Waals surface area contributed by atoms with E-state index < -0.39 is 5.56 Å². The second-order valence-electron chi connectivity index (χ2n) is 9.11. The van der Waals surface area contributed by atoms with Crippen molar-refractivity contribution in [2.45, 2.75) is 6.42 Å². The van der Waals surface area contributed by atoms with Gasteiger partial charge in [-0.25, -0.2) is 0 Å². The minimum absolute atomic E-state index is 0.136. The van der Waals surface area contributed by atoms with E-state index in [-0.39, 0.29) is 17.3 Å². The average molecular weight is 564 g/mol. The number of hydrogen-bond donors (Lipinski definition) is 2. The molecule has 0 spiro atoms. The van der Waals surface area contributed by atoms with Crippen LogP contribution < -0.4 is 30.4 Å². The smallest absolute Gasteiger partial charge is 0.299 e. The molecule has 5 rings (SSSR count). The Morgan fingerprint density at radius 1 is 0.857 bits per heavy atom. The Hall–Kier alpha value is -5.64. The van der Waals surface area contributed by atoms with Crippen molar-refractivity contribution in [1.29, 1.82) is 0 Å². The largest absolute Gasteiger partial charge is 0.497 e. The minimum atomic E-state index is -0.453. The van der Waals surface area contributed by atoms with Crippen molar-refractivity contribution in [3.8, 4) is 28.7 Å². The Kier molecular flexibility index (Phi) is 8.73. The molecule has 0 aliphatic carbocycles. The van der Waals surface area contributed by atoms with Crippen LogP contribution in [0.1, 0.15) is 16.1 Å². The van der Waals surface area contributed by atoms with Crippen molar-refractivity contribution in [1.82, 2.24) is 20.1 Å². The summed E-state index contributed by atoms with van der Waals surface area (Å²) in [5, 5.41) is 10.4. The van der Waals surface area contributed by atoms with E-state index in [1.165, 1.54) is 10.9 Å². The van der Waals surface area contributed by atoms with Gasteiger partial charge in [0.25, 0.3) is 11.5 Å². The molecular formula is C32H29N5O5. The van der Waals surface area contributed by atoms with Crippen molar-refractivity contribution in [2.75, 3.05) is 26.1 Å². The third kappa shape index (κ3) is 6.73. The summed E-state index contributed by atoms with van der Waals surface area (Å²) in [5.74, 6) is 1.67. The summed E-state index contributed by atoms with van der Waals surface area (Å²) < 4.78 is 17.9. The lowest BCUT2D eigenvalue weighted by Gasteiger charge is -2.15. The molecule has 0 fully saturated rings. The first kappa shape index (κ1) is 27.9. The highest BCUT2D eigenvalue weighted by Crippen LogP contribution is 2.31. The Morgan fingerprint density at radius 3 is 2.40 bits per heavy atom. The molecular weight excluding hydrogens is 534 g/mol. The van der Waals surface area contributed by atoms with Gasteiger partial charge in [0, 0.05) is 42.2 Å². The van der Waals surface area contributed by atoms with E-state index in [2.05, 4.69) is 20.7 Å². The molecule has 2 N–H and O–H groups in total. The number of ether oxygens (including phenoxy) is 3.